The molecule has 1 atom stereocenters. The van der Waals surface area contributed by atoms with Crippen molar-refractivity contribution >= 4 is 47.5 Å². The summed E-state index contributed by atoms with van der Waals surface area (Å²) < 4.78 is 18.5. The maximum atomic E-state index is 12.5. The zero-order valence-electron chi connectivity index (χ0n) is 17.5. The number of esters is 2. The fourth-order valence-electron chi connectivity index (χ4n) is 2.34. The molecule has 1 fully saturated rings. The van der Waals surface area contributed by atoms with E-state index in [1.54, 1.807) is 0 Å². The van der Waals surface area contributed by atoms with Crippen molar-refractivity contribution in [1.82, 2.24) is 10.2 Å². The Hall–Kier alpha value is -1.50. The van der Waals surface area contributed by atoms with E-state index in [4.69, 9.17) is 14.2 Å². The van der Waals surface area contributed by atoms with Gasteiger partial charge in [0.25, 0.3) is 0 Å². The molecule has 10 nitrogen and oxygen atoms in total. The number of rotatable bonds is 11. The van der Waals surface area contributed by atoms with E-state index >= 15 is 0 Å². The van der Waals surface area contributed by atoms with Crippen LogP contribution in [0.4, 0.5) is 4.79 Å². The molecule has 0 aromatic rings. The molecule has 0 aliphatic carbocycles. The van der Waals surface area contributed by atoms with Gasteiger partial charge in [0.2, 0.25) is 12.7 Å². The van der Waals surface area contributed by atoms with Crippen LogP contribution in [-0.4, -0.2) is 90.8 Å². The first-order chi connectivity index (χ1) is 14.2. The minimum atomic E-state index is -1.23. The number of nitrogens with one attached hydrogen (secondary N) is 1. The number of morpholine rings is 1. The lowest BCUT2D eigenvalue weighted by atomic mass is 10.2. The quantitative estimate of drug-likeness (QED) is 0.196. The summed E-state index contributed by atoms with van der Waals surface area (Å²) in [6.45, 7) is 7.82. The highest BCUT2D eigenvalue weighted by Gasteiger charge is 2.35. The summed E-state index contributed by atoms with van der Waals surface area (Å²) in [7, 11) is 0. The van der Waals surface area contributed by atoms with Crippen molar-refractivity contribution in [2.24, 2.45) is 0 Å². The third-order valence-corrected chi connectivity index (χ3v) is 5.41. The summed E-state index contributed by atoms with van der Waals surface area (Å²) in [5.41, 5.74) is 0. The first-order valence-electron chi connectivity index (χ1n) is 9.53. The van der Waals surface area contributed by atoms with Crippen molar-refractivity contribution in [3.8, 4) is 0 Å². The van der Waals surface area contributed by atoms with E-state index in [1.165, 1.54) is 20.8 Å². The second kappa shape index (κ2) is 13.7. The van der Waals surface area contributed by atoms with Crippen LogP contribution in [0.3, 0.4) is 0 Å². The van der Waals surface area contributed by atoms with Crippen LogP contribution < -0.4 is 5.32 Å². The molecule has 12 heteroatoms. The molecule has 30 heavy (non-hydrogen) atoms. The van der Waals surface area contributed by atoms with Gasteiger partial charge in [-0.1, -0.05) is 0 Å². The maximum absolute atomic E-state index is 12.5. The van der Waals surface area contributed by atoms with Crippen molar-refractivity contribution in [2.45, 2.75) is 38.0 Å². The van der Waals surface area contributed by atoms with Crippen LogP contribution in [0.5, 0.6) is 0 Å². The molecule has 0 aromatic carbocycles. The molecule has 1 aliphatic heterocycles. The molecule has 0 radical (unpaired) electrons. The monoisotopic (exact) mass is 466 g/mol. The number of ether oxygens (including phenoxy) is 4. The first-order valence-corrected chi connectivity index (χ1v) is 11.0. The number of hydrogen-bond acceptors (Lipinski definition) is 11. The number of nitrogens with zero attached hydrogens (tertiary/aromatic N) is 1. The number of amides is 1. The topological polar surface area (TPSA) is 120 Å². The van der Waals surface area contributed by atoms with Gasteiger partial charge in [0, 0.05) is 32.3 Å². The lowest BCUT2D eigenvalue weighted by Gasteiger charge is -2.26. The van der Waals surface area contributed by atoms with Crippen LogP contribution in [-0.2, 0) is 33.3 Å². The molecule has 0 saturated carbocycles. The summed E-state index contributed by atoms with van der Waals surface area (Å²) in [5, 5.41) is 1.76. The molecule has 1 amide bonds. The molecule has 1 N–H and O–H groups in total. The minimum Gasteiger partial charge on any atom is -0.464 e. The van der Waals surface area contributed by atoms with Gasteiger partial charge in [0.1, 0.15) is 6.04 Å². The normalized spacial score (nSPS) is 15.7. The lowest BCUT2D eigenvalue weighted by Crippen LogP contribution is -2.50. The number of carbonyl (C=O) groups is 4. The van der Waals surface area contributed by atoms with E-state index in [2.05, 4.69) is 27.6 Å². The van der Waals surface area contributed by atoms with Crippen LogP contribution in [0, 0.1) is 0 Å². The second-order valence-electron chi connectivity index (χ2n) is 6.94. The average molecular weight is 467 g/mol. The fraction of sp³-hybridized carbons (Fsp3) is 0.778. The Morgan fingerprint density at radius 2 is 1.83 bits per heavy atom. The number of hydrogen-bond donors (Lipinski definition) is 2. The molecule has 1 aliphatic rings. The first kappa shape index (κ1) is 26.5. The van der Waals surface area contributed by atoms with E-state index < -0.39 is 40.7 Å². The average Bonchev–Trinajstić information content (AvgIpc) is 2.69. The highest BCUT2D eigenvalue weighted by atomic mass is 32.2. The Bertz CT molecular complexity index is 597. The molecule has 0 spiro atoms. The molecule has 0 aromatic heterocycles. The highest BCUT2D eigenvalue weighted by molar-refractivity contribution is 8.15. The molecule has 172 valence electrons. The molecule has 0 unspecified atom stereocenters. The van der Waals surface area contributed by atoms with E-state index in [0.717, 1.165) is 19.6 Å². The molecule has 0 bridgehead atoms. The molecular weight excluding hydrogens is 436 g/mol. The molecular formula is C18H30N2O8S2. The lowest BCUT2D eigenvalue weighted by molar-refractivity contribution is -0.148. The fourth-order valence-corrected chi connectivity index (χ4v) is 3.26. The van der Waals surface area contributed by atoms with Crippen LogP contribution >= 0.6 is 24.4 Å². The van der Waals surface area contributed by atoms with Gasteiger partial charge in [0.05, 0.1) is 24.6 Å². The Labute approximate surface area is 186 Å². The number of thiol groups is 1. The largest absolute Gasteiger partial charge is 0.464 e. The van der Waals surface area contributed by atoms with Crippen molar-refractivity contribution in [2.75, 3.05) is 52.0 Å². The van der Waals surface area contributed by atoms with Gasteiger partial charge in [-0.15, -0.1) is 0 Å². The van der Waals surface area contributed by atoms with Crippen LogP contribution in [0.25, 0.3) is 0 Å². The standard InChI is InChI=1S/C18H30N2O8S2/c1-13(21)27-12-28-17(24)30-18(2,3)16(23)19-14(11-29)15(22)26-8-4-5-20-6-9-25-10-7-20/h14,29H,4-12H2,1-3H3,(H,19,23)/t14-/m0/s1. The summed E-state index contributed by atoms with van der Waals surface area (Å²) >= 11 is 4.71. The van der Waals surface area contributed by atoms with E-state index in [9.17, 15) is 19.2 Å². The zero-order chi connectivity index (χ0) is 22.6. The van der Waals surface area contributed by atoms with Crippen LogP contribution in [0.1, 0.15) is 27.2 Å². The predicted octanol–water partition coefficient (Wildman–Crippen LogP) is 0.836. The summed E-state index contributed by atoms with van der Waals surface area (Å²) in [6, 6.07) is -0.943. The Morgan fingerprint density at radius 3 is 2.43 bits per heavy atom. The van der Waals surface area contributed by atoms with Gasteiger partial charge < -0.3 is 24.3 Å². The van der Waals surface area contributed by atoms with Gasteiger partial charge >= 0.3 is 17.2 Å². The van der Waals surface area contributed by atoms with Crippen molar-refractivity contribution in [3.63, 3.8) is 0 Å². The number of carbonyl (C=O) groups excluding carboxylic acids is 4. The van der Waals surface area contributed by atoms with Crippen molar-refractivity contribution < 1.29 is 38.1 Å². The van der Waals surface area contributed by atoms with Gasteiger partial charge in [-0.3, -0.25) is 14.5 Å². The van der Waals surface area contributed by atoms with Gasteiger partial charge in [-0.2, -0.15) is 12.6 Å². The molecule has 1 heterocycles. The van der Waals surface area contributed by atoms with Gasteiger partial charge in [-0.25, -0.2) is 9.59 Å². The summed E-state index contributed by atoms with van der Waals surface area (Å²) in [6.07, 6.45) is 0.675. The second-order valence-corrected chi connectivity index (χ2v) is 8.87. The summed E-state index contributed by atoms with van der Waals surface area (Å²) in [5.74, 6) is -1.68. The molecule has 1 rings (SSSR count). The van der Waals surface area contributed by atoms with Crippen LogP contribution in [0.2, 0.25) is 0 Å². The highest BCUT2D eigenvalue weighted by Crippen LogP contribution is 2.26. The van der Waals surface area contributed by atoms with Gasteiger partial charge in [0.15, 0.2) is 0 Å². The van der Waals surface area contributed by atoms with Gasteiger partial charge in [-0.05, 0) is 32.0 Å². The Kier molecular flexibility index (Phi) is 12.1. The zero-order valence-corrected chi connectivity index (χ0v) is 19.2. The third kappa shape index (κ3) is 10.5. The van der Waals surface area contributed by atoms with E-state index in [1.807, 2.05) is 0 Å². The SMILES string of the molecule is CC(=O)OCOC(=O)SC(C)(C)C(=O)N[C@@H](CS)C(=O)OCCCN1CCOCC1. The minimum absolute atomic E-state index is 0.0473. The maximum Gasteiger partial charge on any atom is 0.371 e. The predicted molar refractivity (Wildman–Crippen MR) is 113 cm³/mol. The van der Waals surface area contributed by atoms with Crippen LogP contribution in [0.15, 0.2) is 0 Å². The Morgan fingerprint density at radius 1 is 1.17 bits per heavy atom. The number of thioether (sulfide) groups is 1. The van der Waals surface area contributed by atoms with E-state index in [-0.39, 0.29) is 12.4 Å². The van der Waals surface area contributed by atoms with Crippen molar-refractivity contribution in [3.05, 3.63) is 0 Å². The van der Waals surface area contributed by atoms with E-state index in [0.29, 0.717) is 31.4 Å². The Balaban J connectivity index is 2.38. The molecule has 1 saturated heterocycles. The third-order valence-electron chi connectivity index (χ3n) is 4.06. The smallest absolute Gasteiger partial charge is 0.371 e. The van der Waals surface area contributed by atoms with Crippen molar-refractivity contribution in [1.29, 1.82) is 0 Å². The summed E-state index contributed by atoms with van der Waals surface area (Å²) in [4.78, 5) is 49.4.